The van der Waals surface area contributed by atoms with Gasteiger partial charge in [0.15, 0.2) is 0 Å². The van der Waals surface area contributed by atoms with E-state index in [-0.39, 0.29) is 11.8 Å². The second-order valence-electron chi connectivity index (χ2n) is 7.04. The Hall–Kier alpha value is -2.82. The summed E-state index contributed by atoms with van der Waals surface area (Å²) in [5, 5.41) is 0. The van der Waals surface area contributed by atoms with Gasteiger partial charge in [0.1, 0.15) is 5.75 Å². The Balaban J connectivity index is 1.60. The summed E-state index contributed by atoms with van der Waals surface area (Å²) >= 11 is 0. The number of methoxy groups -OCH3 is 1. The average Bonchev–Trinajstić information content (AvgIpc) is 2.69. The number of piperazine rings is 1. The summed E-state index contributed by atoms with van der Waals surface area (Å²) in [4.78, 5) is 29.1. The van der Waals surface area contributed by atoms with Crippen LogP contribution in [0.1, 0.15) is 27.0 Å². The van der Waals surface area contributed by atoms with Crippen molar-refractivity contribution in [2.45, 2.75) is 20.3 Å². The number of aryl methyl sites for hydroxylation is 2. The van der Waals surface area contributed by atoms with Crippen LogP contribution >= 0.6 is 0 Å². The van der Waals surface area contributed by atoms with E-state index in [9.17, 15) is 9.59 Å². The Labute approximate surface area is 160 Å². The third-order valence-corrected chi connectivity index (χ3v) is 4.98. The van der Waals surface area contributed by atoms with Gasteiger partial charge in [0.2, 0.25) is 5.91 Å². The van der Waals surface area contributed by atoms with E-state index in [1.54, 1.807) is 12.0 Å². The minimum Gasteiger partial charge on any atom is -0.496 e. The van der Waals surface area contributed by atoms with Gasteiger partial charge in [-0.05, 0) is 31.5 Å². The SMILES string of the molecule is COc1ccc(C)cc1C(=O)N1CCN(C(=O)Cc2ccc(C)cc2)CC1. The summed E-state index contributed by atoms with van der Waals surface area (Å²) in [6.45, 7) is 6.18. The number of carbonyl (C=O) groups is 2. The normalized spacial score (nSPS) is 14.2. The number of nitrogens with zero attached hydrogens (tertiary/aromatic N) is 2. The van der Waals surface area contributed by atoms with Gasteiger partial charge in [0, 0.05) is 26.2 Å². The number of hydrogen-bond acceptors (Lipinski definition) is 3. The average molecular weight is 366 g/mol. The maximum absolute atomic E-state index is 12.9. The number of amides is 2. The molecular weight excluding hydrogens is 340 g/mol. The number of rotatable bonds is 4. The molecule has 1 saturated heterocycles. The van der Waals surface area contributed by atoms with Crippen molar-refractivity contribution in [2.75, 3.05) is 33.3 Å². The zero-order chi connectivity index (χ0) is 19.4. The number of ether oxygens (including phenoxy) is 1. The topological polar surface area (TPSA) is 49.9 Å². The largest absolute Gasteiger partial charge is 0.496 e. The smallest absolute Gasteiger partial charge is 0.257 e. The lowest BCUT2D eigenvalue weighted by atomic mass is 10.1. The molecule has 0 spiro atoms. The van der Waals surface area contributed by atoms with E-state index in [2.05, 4.69) is 0 Å². The summed E-state index contributed by atoms with van der Waals surface area (Å²) in [5.74, 6) is 0.656. The fraction of sp³-hybridized carbons (Fsp3) is 0.364. The molecule has 1 aliphatic heterocycles. The molecule has 142 valence electrons. The molecule has 5 heteroatoms. The van der Waals surface area contributed by atoms with E-state index in [0.717, 1.165) is 11.1 Å². The molecule has 27 heavy (non-hydrogen) atoms. The summed E-state index contributed by atoms with van der Waals surface area (Å²) in [5.41, 5.74) is 3.81. The lowest BCUT2D eigenvalue weighted by Crippen LogP contribution is -2.51. The van der Waals surface area contributed by atoms with Crippen LogP contribution in [0.4, 0.5) is 0 Å². The molecule has 2 aromatic carbocycles. The summed E-state index contributed by atoms with van der Waals surface area (Å²) < 4.78 is 5.33. The molecule has 0 aromatic heterocycles. The molecule has 0 aliphatic carbocycles. The predicted octanol–water partition coefficient (Wildman–Crippen LogP) is 2.84. The summed E-state index contributed by atoms with van der Waals surface area (Å²) in [7, 11) is 1.57. The first-order chi connectivity index (χ1) is 13.0. The molecule has 0 atom stereocenters. The van der Waals surface area contributed by atoms with Crippen LogP contribution in [0.15, 0.2) is 42.5 Å². The standard InChI is InChI=1S/C22H26N2O3/c1-16-4-7-18(8-5-16)15-21(25)23-10-12-24(13-11-23)22(26)19-14-17(2)6-9-20(19)27-3/h4-9,14H,10-13,15H2,1-3H3. The van der Waals surface area contributed by atoms with Crippen LogP contribution in [0, 0.1) is 13.8 Å². The van der Waals surface area contributed by atoms with Crippen LogP contribution in [-0.4, -0.2) is 54.9 Å². The Bertz CT molecular complexity index is 822. The highest BCUT2D eigenvalue weighted by Crippen LogP contribution is 2.22. The highest BCUT2D eigenvalue weighted by molar-refractivity contribution is 5.97. The first-order valence-electron chi connectivity index (χ1n) is 9.25. The molecule has 0 bridgehead atoms. The lowest BCUT2D eigenvalue weighted by Gasteiger charge is -2.35. The van der Waals surface area contributed by atoms with Gasteiger partial charge in [-0.1, -0.05) is 41.5 Å². The van der Waals surface area contributed by atoms with Crippen molar-refractivity contribution >= 4 is 11.8 Å². The number of benzene rings is 2. The second kappa shape index (κ2) is 8.25. The zero-order valence-electron chi connectivity index (χ0n) is 16.2. The first kappa shape index (κ1) is 19.0. The van der Waals surface area contributed by atoms with Gasteiger partial charge < -0.3 is 14.5 Å². The van der Waals surface area contributed by atoms with Crippen molar-refractivity contribution in [2.24, 2.45) is 0 Å². The summed E-state index contributed by atoms with van der Waals surface area (Å²) in [6, 6.07) is 13.6. The Morgan fingerprint density at radius 2 is 1.48 bits per heavy atom. The molecule has 2 amide bonds. The molecule has 1 heterocycles. The van der Waals surface area contributed by atoms with Crippen LogP contribution < -0.4 is 4.74 Å². The highest BCUT2D eigenvalue weighted by atomic mass is 16.5. The molecule has 1 aliphatic rings. The van der Waals surface area contributed by atoms with Crippen LogP contribution in [-0.2, 0) is 11.2 Å². The van der Waals surface area contributed by atoms with E-state index in [4.69, 9.17) is 4.74 Å². The Morgan fingerprint density at radius 1 is 0.889 bits per heavy atom. The third-order valence-electron chi connectivity index (χ3n) is 4.98. The van der Waals surface area contributed by atoms with Gasteiger partial charge in [-0.15, -0.1) is 0 Å². The van der Waals surface area contributed by atoms with Crippen LogP contribution in [0.25, 0.3) is 0 Å². The van der Waals surface area contributed by atoms with E-state index in [1.807, 2.05) is 61.2 Å². The molecule has 2 aromatic rings. The lowest BCUT2D eigenvalue weighted by molar-refractivity contribution is -0.131. The van der Waals surface area contributed by atoms with Gasteiger partial charge >= 0.3 is 0 Å². The first-order valence-corrected chi connectivity index (χ1v) is 9.25. The molecule has 0 radical (unpaired) electrons. The molecular formula is C22H26N2O3. The summed E-state index contributed by atoms with van der Waals surface area (Å²) in [6.07, 6.45) is 0.403. The van der Waals surface area contributed by atoms with Gasteiger partial charge in [0.05, 0.1) is 19.1 Å². The molecule has 0 N–H and O–H groups in total. The van der Waals surface area contributed by atoms with Gasteiger partial charge in [-0.25, -0.2) is 0 Å². The highest BCUT2D eigenvalue weighted by Gasteiger charge is 2.26. The van der Waals surface area contributed by atoms with Crippen molar-refractivity contribution in [3.63, 3.8) is 0 Å². The van der Waals surface area contributed by atoms with E-state index in [1.165, 1.54) is 5.56 Å². The third kappa shape index (κ3) is 4.48. The Morgan fingerprint density at radius 3 is 2.11 bits per heavy atom. The van der Waals surface area contributed by atoms with Gasteiger partial charge in [-0.3, -0.25) is 9.59 Å². The van der Waals surface area contributed by atoms with Crippen LogP contribution in [0.5, 0.6) is 5.75 Å². The van der Waals surface area contributed by atoms with Gasteiger partial charge in [0.25, 0.3) is 5.91 Å². The van der Waals surface area contributed by atoms with Crippen molar-refractivity contribution in [1.29, 1.82) is 0 Å². The van der Waals surface area contributed by atoms with Crippen molar-refractivity contribution < 1.29 is 14.3 Å². The second-order valence-corrected chi connectivity index (χ2v) is 7.04. The van der Waals surface area contributed by atoms with Gasteiger partial charge in [-0.2, -0.15) is 0 Å². The molecule has 1 fully saturated rings. The minimum atomic E-state index is -0.0406. The maximum Gasteiger partial charge on any atom is 0.257 e. The van der Waals surface area contributed by atoms with E-state index >= 15 is 0 Å². The quantitative estimate of drug-likeness (QED) is 0.836. The molecule has 0 unspecified atom stereocenters. The van der Waals surface area contributed by atoms with Crippen LogP contribution in [0.2, 0.25) is 0 Å². The predicted molar refractivity (Wildman–Crippen MR) is 105 cm³/mol. The molecule has 3 rings (SSSR count). The maximum atomic E-state index is 12.9. The number of hydrogen-bond donors (Lipinski definition) is 0. The zero-order valence-corrected chi connectivity index (χ0v) is 16.2. The van der Waals surface area contributed by atoms with Crippen molar-refractivity contribution in [3.05, 3.63) is 64.7 Å². The Kier molecular flexibility index (Phi) is 5.79. The fourth-order valence-electron chi connectivity index (χ4n) is 3.31. The molecule has 0 saturated carbocycles. The van der Waals surface area contributed by atoms with Crippen molar-refractivity contribution in [1.82, 2.24) is 9.80 Å². The van der Waals surface area contributed by atoms with Crippen LogP contribution in [0.3, 0.4) is 0 Å². The van der Waals surface area contributed by atoms with E-state index < -0.39 is 0 Å². The van der Waals surface area contributed by atoms with E-state index in [0.29, 0.717) is 43.9 Å². The van der Waals surface area contributed by atoms with Crippen molar-refractivity contribution in [3.8, 4) is 5.75 Å². The monoisotopic (exact) mass is 366 g/mol. The minimum absolute atomic E-state index is 0.0406. The molecule has 5 nitrogen and oxygen atoms in total. The fourth-order valence-corrected chi connectivity index (χ4v) is 3.31. The number of carbonyl (C=O) groups excluding carboxylic acids is 2.